The summed E-state index contributed by atoms with van der Waals surface area (Å²) in [5.41, 5.74) is 6.54. The first-order valence-electron chi connectivity index (χ1n) is 6.95. The fourth-order valence-electron chi connectivity index (χ4n) is 2.95. The highest BCUT2D eigenvalue weighted by Gasteiger charge is 2.18. The van der Waals surface area contributed by atoms with E-state index in [2.05, 4.69) is 61.7 Å². The third-order valence-electron chi connectivity index (χ3n) is 3.81. The van der Waals surface area contributed by atoms with Crippen molar-refractivity contribution >= 4 is 17.1 Å². The molecule has 20 heavy (non-hydrogen) atoms. The Kier molecular flexibility index (Phi) is 3.31. The third kappa shape index (κ3) is 2.03. The maximum Gasteiger partial charge on any atom is 0.0488 e. The predicted molar refractivity (Wildman–Crippen MR) is 86.7 cm³/mol. The van der Waals surface area contributed by atoms with Crippen molar-refractivity contribution < 1.29 is 0 Å². The first-order valence-corrected chi connectivity index (χ1v) is 7.33. The molecule has 0 spiro atoms. The summed E-state index contributed by atoms with van der Waals surface area (Å²) in [4.78, 5) is 0. The van der Waals surface area contributed by atoms with E-state index in [1.54, 1.807) is 0 Å². The van der Waals surface area contributed by atoms with Gasteiger partial charge in [0.2, 0.25) is 0 Å². The van der Waals surface area contributed by atoms with Crippen LogP contribution in [0.5, 0.6) is 0 Å². The summed E-state index contributed by atoms with van der Waals surface area (Å²) in [7, 11) is 0. The van der Waals surface area contributed by atoms with E-state index in [9.17, 15) is 0 Å². The SMILES string of the molecule is Cc1c(-c2ccc(Cl)cc2)c(C(C)C)n2ccccc12. The Morgan fingerprint density at radius 3 is 2.35 bits per heavy atom. The number of benzene rings is 1. The summed E-state index contributed by atoms with van der Waals surface area (Å²) in [6, 6.07) is 14.5. The summed E-state index contributed by atoms with van der Waals surface area (Å²) < 4.78 is 2.31. The molecule has 0 saturated heterocycles. The zero-order chi connectivity index (χ0) is 14.3. The molecule has 0 unspecified atom stereocenters. The maximum absolute atomic E-state index is 6.01. The van der Waals surface area contributed by atoms with E-state index in [0.717, 1.165) is 5.02 Å². The van der Waals surface area contributed by atoms with Gasteiger partial charge in [0.25, 0.3) is 0 Å². The molecule has 102 valence electrons. The van der Waals surface area contributed by atoms with Crippen LogP contribution in [0, 0.1) is 6.92 Å². The van der Waals surface area contributed by atoms with Crippen molar-refractivity contribution in [1.82, 2.24) is 4.40 Å². The van der Waals surface area contributed by atoms with Crippen molar-refractivity contribution in [2.75, 3.05) is 0 Å². The van der Waals surface area contributed by atoms with Gasteiger partial charge in [0.05, 0.1) is 0 Å². The highest BCUT2D eigenvalue weighted by molar-refractivity contribution is 6.30. The minimum absolute atomic E-state index is 0.462. The van der Waals surface area contributed by atoms with E-state index in [4.69, 9.17) is 11.6 Å². The van der Waals surface area contributed by atoms with Gasteiger partial charge in [0, 0.05) is 28.0 Å². The average molecular weight is 284 g/mol. The van der Waals surface area contributed by atoms with Gasteiger partial charge in [-0.1, -0.05) is 43.6 Å². The average Bonchev–Trinajstić information content (AvgIpc) is 2.74. The van der Waals surface area contributed by atoms with Crippen LogP contribution in [0.2, 0.25) is 5.02 Å². The second-order valence-corrected chi connectivity index (χ2v) is 5.94. The lowest BCUT2D eigenvalue weighted by molar-refractivity contribution is 0.811. The Hall–Kier alpha value is -1.73. The number of pyridine rings is 1. The monoisotopic (exact) mass is 283 g/mol. The van der Waals surface area contributed by atoms with Gasteiger partial charge < -0.3 is 4.40 Å². The fraction of sp³-hybridized carbons (Fsp3) is 0.222. The van der Waals surface area contributed by atoms with E-state index in [0.29, 0.717) is 5.92 Å². The Morgan fingerprint density at radius 1 is 1.00 bits per heavy atom. The zero-order valence-electron chi connectivity index (χ0n) is 12.0. The van der Waals surface area contributed by atoms with Crippen LogP contribution in [-0.4, -0.2) is 4.40 Å². The second-order valence-electron chi connectivity index (χ2n) is 5.50. The van der Waals surface area contributed by atoms with E-state index in [-0.39, 0.29) is 0 Å². The number of nitrogens with zero attached hydrogens (tertiary/aromatic N) is 1. The molecule has 0 aliphatic carbocycles. The molecule has 1 aromatic carbocycles. The van der Waals surface area contributed by atoms with Crippen LogP contribution in [0.4, 0.5) is 0 Å². The number of rotatable bonds is 2. The molecule has 2 heterocycles. The highest BCUT2D eigenvalue weighted by Crippen LogP contribution is 2.36. The third-order valence-corrected chi connectivity index (χ3v) is 4.07. The van der Waals surface area contributed by atoms with E-state index in [1.165, 1.54) is 27.9 Å². The van der Waals surface area contributed by atoms with Crippen molar-refractivity contribution in [1.29, 1.82) is 0 Å². The quantitative estimate of drug-likeness (QED) is 0.569. The molecule has 1 nitrogen and oxygen atoms in total. The summed E-state index contributed by atoms with van der Waals surface area (Å²) in [6.45, 7) is 6.69. The van der Waals surface area contributed by atoms with Gasteiger partial charge >= 0.3 is 0 Å². The first kappa shape index (κ1) is 13.3. The van der Waals surface area contributed by atoms with Gasteiger partial charge in [-0.3, -0.25) is 0 Å². The van der Waals surface area contributed by atoms with Crippen LogP contribution in [0.25, 0.3) is 16.6 Å². The molecule has 0 aliphatic rings. The van der Waals surface area contributed by atoms with Crippen LogP contribution in [-0.2, 0) is 0 Å². The van der Waals surface area contributed by atoms with Crippen LogP contribution in [0.1, 0.15) is 31.0 Å². The van der Waals surface area contributed by atoms with Gasteiger partial charge in [-0.25, -0.2) is 0 Å². The van der Waals surface area contributed by atoms with Gasteiger partial charge in [-0.2, -0.15) is 0 Å². The topological polar surface area (TPSA) is 4.41 Å². The molecule has 3 aromatic rings. The molecule has 3 rings (SSSR count). The molecule has 0 saturated carbocycles. The number of aryl methyl sites for hydroxylation is 1. The second kappa shape index (κ2) is 4.99. The molecule has 0 amide bonds. The number of hydrogen-bond donors (Lipinski definition) is 0. The molecule has 2 heteroatoms. The lowest BCUT2D eigenvalue weighted by atomic mass is 9.96. The summed E-state index contributed by atoms with van der Waals surface area (Å²) in [6.07, 6.45) is 2.15. The molecule has 2 aromatic heterocycles. The number of hydrogen-bond acceptors (Lipinski definition) is 0. The van der Waals surface area contributed by atoms with Gasteiger partial charge in [-0.05, 0) is 48.2 Å². The van der Waals surface area contributed by atoms with Gasteiger partial charge in [-0.15, -0.1) is 0 Å². The summed E-state index contributed by atoms with van der Waals surface area (Å²) >= 11 is 6.01. The Balaban J connectivity index is 2.36. The minimum atomic E-state index is 0.462. The smallest absolute Gasteiger partial charge is 0.0488 e. The molecule has 0 radical (unpaired) electrons. The normalized spacial score (nSPS) is 11.4. The predicted octanol–water partition coefficient (Wildman–Crippen LogP) is 5.69. The number of halogens is 1. The molecule has 0 bridgehead atoms. The van der Waals surface area contributed by atoms with Crippen molar-refractivity contribution in [3.05, 3.63) is 64.9 Å². The molecular formula is C18H18ClN. The standard InChI is InChI=1S/C18H18ClN/c1-12(2)18-17(14-7-9-15(19)10-8-14)13(3)16-6-4-5-11-20(16)18/h4-12H,1-3H3. The fourth-order valence-corrected chi connectivity index (χ4v) is 3.07. The van der Waals surface area contributed by atoms with Gasteiger partial charge in [0.1, 0.15) is 0 Å². The molecular weight excluding hydrogens is 266 g/mol. The van der Waals surface area contributed by atoms with E-state index >= 15 is 0 Å². The Bertz CT molecular complexity index is 751. The largest absolute Gasteiger partial charge is 0.320 e. The molecule has 0 atom stereocenters. The van der Waals surface area contributed by atoms with Gasteiger partial charge in [0.15, 0.2) is 0 Å². The van der Waals surface area contributed by atoms with Crippen LogP contribution in [0.15, 0.2) is 48.7 Å². The zero-order valence-corrected chi connectivity index (χ0v) is 12.8. The van der Waals surface area contributed by atoms with Crippen molar-refractivity contribution in [3.63, 3.8) is 0 Å². The van der Waals surface area contributed by atoms with Crippen molar-refractivity contribution in [3.8, 4) is 11.1 Å². The lowest BCUT2D eigenvalue weighted by Gasteiger charge is -2.11. The van der Waals surface area contributed by atoms with Crippen molar-refractivity contribution in [2.24, 2.45) is 0 Å². The first-order chi connectivity index (χ1) is 9.59. The Labute approximate surface area is 124 Å². The van der Waals surface area contributed by atoms with Crippen LogP contribution in [0.3, 0.4) is 0 Å². The minimum Gasteiger partial charge on any atom is -0.320 e. The van der Waals surface area contributed by atoms with Crippen LogP contribution < -0.4 is 0 Å². The molecule has 0 fully saturated rings. The highest BCUT2D eigenvalue weighted by atomic mass is 35.5. The molecule has 0 aliphatic heterocycles. The number of aromatic nitrogens is 1. The van der Waals surface area contributed by atoms with E-state index in [1.807, 2.05) is 12.1 Å². The summed E-state index contributed by atoms with van der Waals surface area (Å²) in [5.74, 6) is 0.462. The van der Waals surface area contributed by atoms with Crippen LogP contribution >= 0.6 is 11.6 Å². The molecule has 0 N–H and O–H groups in total. The van der Waals surface area contributed by atoms with Crippen molar-refractivity contribution in [2.45, 2.75) is 26.7 Å². The summed E-state index contributed by atoms with van der Waals surface area (Å²) in [5, 5.41) is 0.779. The number of fused-ring (bicyclic) bond motifs is 1. The van der Waals surface area contributed by atoms with E-state index < -0.39 is 0 Å². The Morgan fingerprint density at radius 2 is 1.70 bits per heavy atom. The lowest BCUT2D eigenvalue weighted by Crippen LogP contribution is -1.96. The maximum atomic E-state index is 6.01.